The van der Waals surface area contributed by atoms with E-state index in [1.54, 1.807) is 12.1 Å². The van der Waals surface area contributed by atoms with Crippen LogP contribution in [-0.2, 0) is 0 Å². The monoisotopic (exact) mass is 193 g/mol. The Morgan fingerprint density at radius 2 is 2.29 bits per heavy atom. The van der Waals surface area contributed by atoms with E-state index in [0.29, 0.717) is 5.92 Å². The van der Waals surface area contributed by atoms with Crippen molar-refractivity contribution in [1.82, 2.24) is 5.32 Å². The lowest BCUT2D eigenvalue weighted by Crippen LogP contribution is -2.10. The third kappa shape index (κ3) is 1.80. The van der Waals surface area contributed by atoms with Gasteiger partial charge in [0, 0.05) is 0 Å². The average Bonchev–Trinajstić information content (AvgIpc) is 2.84. The van der Waals surface area contributed by atoms with E-state index in [1.807, 2.05) is 20.0 Å². The number of aryl methyl sites for hydroxylation is 1. The van der Waals surface area contributed by atoms with Crippen molar-refractivity contribution < 1.29 is 4.39 Å². The maximum atomic E-state index is 12.9. The minimum Gasteiger partial charge on any atom is -0.319 e. The molecule has 2 rings (SSSR count). The quantitative estimate of drug-likeness (QED) is 0.777. The van der Waals surface area contributed by atoms with Gasteiger partial charge in [0.15, 0.2) is 0 Å². The summed E-state index contributed by atoms with van der Waals surface area (Å²) in [5.41, 5.74) is 2.42. The van der Waals surface area contributed by atoms with Crippen LogP contribution in [0.15, 0.2) is 18.2 Å². The summed E-state index contributed by atoms with van der Waals surface area (Å²) in [6.07, 6.45) is 1.24. The highest BCUT2D eigenvalue weighted by atomic mass is 19.1. The average molecular weight is 193 g/mol. The van der Waals surface area contributed by atoms with E-state index in [9.17, 15) is 4.39 Å². The lowest BCUT2D eigenvalue weighted by Gasteiger charge is -2.04. The van der Waals surface area contributed by atoms with E-state index in [2.05, 4.69) is 5.32 Å². The molecule has 0 bridgehead atoms. The van der Waals surface area contributed by atoms with E-state index in [1.165, 1.54) is 12.0 Å². The van der Waals surface area contributed by atoms with Gasteiger partial charge in [-0.3, -0.25) is 0 Å². The summed E-state index contributed by atoms with van der Waals surface area (Å²) in [4.78, 5) is 0. The summed E-state index contributed by atoms with van der Waals surface area (Å²) in [6, 6.07) is 5.13. The molecule has 0 aromatic heterocycles. The number of hydrogen-bond acceptors (Lipinski definition) is 1. The SMILES string of the molecule is CNC[C@H]1C[C@H]1c1ccc(F)cc1C. The van der Waals surface area contributed by atoms with Crippen molar-refractivity contribution in [3.63, 3.8) is 0 Å². The van der Waals surface area contributed by atoms with Gasteiger partial charge in [0.1, 0.15) is 5.82 Å². The van der Waals surface area contributed by atoms with E-state index in [0.717, 1.165) is 18.0 Å². The number of hydrogen-bond donors (Lipinski definition) is 1. The van der Waals surface area contributed by atoms with Gasteiger partial charge in [0.2, 0.25) is 0 Å². The van der Waals surface area contributed by atoms with Crippen LogP contribution in [0.1, 0.15) is 23.5 Å². The fourth-order valence-electron chi connectivity index (χ4n) is 2.17. The smallest absolute Gasteiger partial charge is 0.123 e. The molecule has 1 saturated carbocycles. The molecule has 0 unspecified atom stereocenters. The maximum absolute atomic E-state index is 12.9. The van der Waals surface area contributed by atoms with Crippen LogP contribution in [0.25, 0.3) is 0 Å². The molecule has 0 aliphatic heterocycles. The van der Waals surface area contributed by atoms with Crippen molar-refractivity contribution in [2.45, 2.75) is 19.3 Å². The molecule has 0 amide bonds. The fourth-order valence-corrected chi connectivity index (χ4v) is 2.17. The summed E-state index contributed by atoms with van der Waals surface area (Å²) < 4.78 is 12.9. The Bertz CT molecular complexity index is 335. The van der Waals surface area contributed by atoms with E-state index < -0.39 is 0 Å². The van der Waals surface area contributed by atoms with Crippen LogP contribution < -0.4 is 5.32 Å². The highest BCUT2D eigenvalue weighted by Gasteiger charge is 2.38. The molecule has 1 N–H and O–H groups in total. The molecule has 0 spiro atoms. The summed E-state index contributed by atoms with van der Waals surface area (Å²) >= 11 is 0. The molecule has 0 heterocycles. The Balaban J connectivity index is 2.11. The third-order valence-electron chi connectivity index (χ3n) is 3.02. The van der Waals surface area contributed by atoms with E-state index >= 15 is 0 Å². The first-order chi connectivity index (χ1) is 6.72. The van der Waals surface area contributed by atoms with Crippen LogP contribution in [0.4, 0.5) is 4.39 Å². The largest absolute Gasteiger partial charge is 0.319 e. The summed E-state index contributed by atoms with van der Waals surface area (Å²) in [7, 11) is 1.98. The Morgan fingerprint density at radius 1 is 1.50 bits per heavy atom. The summed E-state index contributed by atoms with van der Waals surface area (Å²) in [6.45, 7) is 3.06. The number of halogens is 1. The van der Waals surface area contributed by atoms with Gasteiger partial charge < -0.3 is 5.32 Å². The number of nitrogens with one attached hydrogen (secondary N) is 1. The second-order valence-corrected chi connectivity index (χ2v) is 4.16. The predicted molar refractivity (Wildman–Crippen MR) is 55.9 cm³/mol. The molecule has 76 valence electrons. The molecule has 14 heavy (non-hydrogen) atoms. The lowest BCUT2D eigenvalue weighted by molar-refractivity contribution is 0.625. The topological polar surface area (TPSA) is 12.0 Å². The van der Waals surface area contributed by atoms with E-state index in [4.69, 9.17) is 0 Å². The Kier molecular flexibility index (Phi) is 2.55. The van der Waals surface area contributed by atoms with Gasteiger partial charge in [-0.05, 0) is 62.0 Å². The Morgan fingerprint density at radius 3 is 2.93 bits per heavy atom. The molecule has 1 aliphatic carbocycles. The highest BCUT2D eigenvalue weighted by molar-refractivity contribution is 5.34. The van der Waals surface area contributed by atoms with Crippen molar-refractivity contribution >= 4 is 0 Å². The second-order valence-electron chi connectivity index (χ2n) is 4.16. The van der Waals surface area contributed by atoms with Crippen LogP contribution in [-0.4, -0.2) is 13.6 Å². The summed E-state index contributed by atoms with van der Waals surface area (Å²) in [5, 5.41) is 3.19. The van der Waals surface area contributed by atoms with Crippen LogP contribution in [0.3, 0.4) is 0 Å². The van der Waals surface area contributed by atoms with Gasteiger partial charge in [-0.2, -0.15) is 0 Å². The van der Waals surface area contributed by atoms with Gasteiger partial charge in [-0.15, -0.1) is 0 Å². The zero-order chi connectivity index (χ0) is 10.1. The Hall–Kier alpha value is -0.890. The minimum absolute atomic E-state index is 0.128. The minimum atomic E-state index is -0.128. The normalized spacial score (nSPS) is 25.1. The molecule has 1 aromatic carbocycles. The molecule has 0 saturated heterocycles. The van der Waals surface area contributed by atoms with Gasteiger partial charge in [0.05, 0.1) is 0 Å². The highest BCUT2D eigenvalue weighted by Crippen LogP contribution is 2.47. The molecule has 1 aliphatic rings. The maximum Gasteiger partial charge on any atom is 0.123 e. The van der Waals surface area contributed by atoms with Crippen molar-refractivity contribution in [3.8, 4) is 0 Å². The molecule has 1 nitrogen and oxygen atoms in total. The van der Waals surface area contributed by atoms with Gasteiger partial charge in [0.25, 0.3) is 0 Å². The van der Waals surface area contributed by atoms with Crippen molar-refractivity contribution in [2.24, 2.45) is 5.92 Å². The molecule has 1 fully saturated rings. The van der Waals surface area contributed by atoms with Gasteiger partial charge >= 0.3 is 0 Å². The third-order valence-corrected chi connectivity index (χ3v) is 3.02. The molecular formula is C12H16FN. The van der Waals surface area contributed by atoms with Gasteiger partial charge in [-0.1, -0.05) is 6.07 Å². The van der Waals surface area contributed by atoms with Crippen LogP contribution in [0.2, 0.25) is 0 Å². The van der Waals surface area contributed by atoms with Crippen LogP contribution >= 0.6 is 0 Å². The van der Waals surface area contributed by atoms with Crippen molar-refractivity contribution in [2.75, 3.05) is 13.6 Å². The molecule has 0 radical (unpaired) electrons. The van der Waals surface area contributed by atoms with Crippen molar-refractivity contribution in [3.05, 3.63) is 35.1 Å². The standard InChI is InChI=1S/C12H16FN/c1-8-5-10(13)3-4-11(8)12-6-9(12)7-14-2/h3-5,9,12,14H,6-7H2,1-2H3/t9-,12-/m1/s1. The first kappa shape index (κ1) is 9.66. The summed E-state index contributed by atoms with van der Waals surface area (Å²) in [5.74, 6) is 1.28. The van der Waals surface area contributed by atoms with Crippen LogP contribution in [0.5, 0.6) is 0 Å². The molecule has 2 atom stereocenters. The zero-order valence-electron chi connectivity index (χ0n) is 8.68. The number of benzene rings is 1. The fraction of sp³-hybridized carbons (Fsp3) is 0.500. The lowest BCUT2D eigenvalue weighted by atomic mass is 10.0. The molecule has 1 aromatic rings. The predicted octanol–water partition coefficient (Wildman–Crippen LogP) is 2.46. The van der Waals surface area contributed by atoms with Crippen molar-refractivity contribution in [1.29, 1.82) is 0 Å². The van der Waals surface area contributed by atoms with Crippen LogP contribution in [0, 0.1) is 18.7 Å². The zero-order valence-corrected chi connectivity index (χ0v) is 8.68. The van der Waals surface area contributed by atoms with Gasteiger partial charge in [-0.25, -0.2) is 4.39 Å². The first-order valence-corrected chi connectivity index (χ1v) is 5.13. The number of rotatable bonds is 3. The Labute approximate surface area is 84.3 Å². The second kappa shape index (κ2) is 3.70. The molecular weight excluding hydrogens is 177 g/mol. The molecule has 2 heteroatoms. The first-order valence-electron chi connectivity index (χ1n) is 5.13. The van der Waals surface area contributed by atoms with E-state index in [-0.39, 0.29) is 5.82 Å².